The van der Waals surface area contributed by atoms with E-state index in [1.807, 2.05) is 22.6 Å². The van der Waals surface area contributed by atoms with Crippen molar-refractivity contribution in [2.24, 2.45) is 0 Å². The Kier molecular flexibility index (Phi) is 3.16. The van der Waals surface area contributed by atoms with E-state index < -0.39 is 0 Å². The average Bonchev–Trinajstić information content (AvgIpc) is 1.95. The van der Waals surface area contributed by atoms with Gasteiger partial charge < -0.3 is 0 Å². The van der Waals surface area contributed by atoms with Crippen LogP contribution in [0.5, 0.6) is 0 Å². The molecule has 0 aromatic heterocycles. The van der Waals surface area contributed by atoms with Crippen LogP contribution in [0.2, 0.25) is 5.02 Å². The minimum absolute atomic E-state index is 0.373. The minimum Gasteiger partial charge on any atom is -0.206 e. The van der Waals surface area contributed by atoms with Crippen LogP contribution in [0.25, 0.3) is 0 Å². The molecular formula is C8H3ClFI. The third-order valence-electron chi connectivity index (χ3n) is 1.11. The van der Waals surface area contributed by atoms with Gasteiger partial charge in [0.05, 0.1) is 5.56 Å². The second kappa shape index (κ2) is 3.93. The maximum Gasteiger partial charge on any atom is 0.140 e. The van der Waals surface area contributed by atoms with E-state index in [1.165, 1.54) is 6.07 Å². The SMILES string of the molecule is Fc1cc(Cl)ccc1C#CI. The number of hydrogen-bond acceptors (Lipinski definition) is 0. The molecule has 0 fully saturated rings. The molecular weight excluding hydrogens is 277 g/mol. The first kappa shape index (κ1) is 8.82. The molecule has 1 rings (SSSR count). The standard InChI is InChI=1S/C8H3ClFI/c9-7-2-1-6(3-4-11)8(10)5-7/h1-2,5H. The van der Waals surface area contributed by atoms with Gasteiger partial charge >= 0.3 is 0 Å². The van der Waals surface area contributed by atoms with Crippen LogP contribution >= 0.6 is 34.2 Å². The molecule has 0 radical (unpaired) electrons. The molecule has 11 heavy (non-hydrogen) atoms. The lowest BCUT2D eigenvalue weighted by Gasteiger charge is -1.93. The van der Waals surface area contributed by atoms with Crippen molar-refractivity contribution in [3.63, 3.8) is 0 Å². The van der Waals surface area contributed by atoms with Crippen molar-refractivity contribution < 1.29 is 4.39 Å². The molecule has 56 valence electrons. The first-order valence-corrected chi connectivity index (χ1v) is 4.26. The van der Waals surface area contributed by atoms with Crippen molar-refractivity contribution in [1.82, 2.24) is 0 Å². The zero-order valence-corrected chi connectivity index (χ0v) is 8.28. The van der Waals surface area contributed by atoms with Crippen LogP contribution in [0.15, 0.2) is 18.2 Å². The highest BCUT2D eigenvalue weighted by molar-refractivity contribution is 14.1. The molecule has 0 saturated carbocycles. The predicted octanol–water partition coefficient (Wildman–Crippen LogP) is 3.22. The van der Waals surface area contributed by atoms with Crippen LogP contribution in [0, 0.1) is 15.7 Å². The Morgan fingerprint density at radius 3 is 2.73 bits per heavy atom. The van der Waals surface area contributed by atoms with Gasteiger partial charge in [0.1, 0.15) is 5.82 Å². The second-order valence-electron chi connectivity index (χ2n) is 1.84. The Bertz CT molecular complexity index is 325. The molecule has 0 N–H and O–H groups in total. The van der Waals surface area contributed by atoms with Crippen molar-refractivity contribution in [2.45, 2.75) is 0 Å². The van der Waals surface area contributed by atoms with Gasteiger partial charge in [0.15, 0.2) is 0 Å². The van der Waals surface area contributed by atoms with E-state index in [0.717, 1.165) is 0 Å². The van der Waals surface area contributed by atoms with E-state index >= 15 is 0 Å². The maximum atomic E-state index is 12.8. The molecule has 3 heteroatoms. The number of benzene rings is 1. The molecule has 0 saturated heterocycles. The fourth-order valence-corrected chi connectivity index (χ4v) is 1.09. The van der Waals surface area contributed by atoms with Crippen molar-refractivity contribution in [2.75, 3.05) is 0 Å². The number of hydrogen-bond donors (Lipinski definition) is 0. The van der Waals surface area contributed by atoms with Crippen molar-refractivity contribution in [1.29, 1.82) is 0 Å². The van der Waals surface area contributed by atoms with Crippen LogP contribution in [-0.4, -0.2) is 0 Å². The normalized spacial score (nSPS) is 8.64. The quantitative estimate of drug-likeness (QED) is 0.506. The lowest BCUT2D eigenvalue weighted by atomic mass is 10.2. The monoisotopic (exact) mass is 280 g/mol. The summed E-state index contributed by atoms with van der Waals surface area (Å²) in [5, 5.41) is 0.390. The molecule has 0 atom stereocenters. The lowest BCUT2D eigenvalue weighted by Crippen LogP contribution is -1.81. The molecule has 0 bridgehead atoms. The van der Waals surface area contributed by atoms with Gasteiger partial charge in [0.2, 0.25) is 0 Å². The van der Waals surface area contributed by atoms with E-state index in [-0.39, 0.29) is 5.82 Å². The van der Waals surface area contributed by atoms with Crippen molar-refractivity contribution >= 4 is 34.2 Å². The van der Waals surface area contributed by atoms with Gasteiger partial charge in [-0.05, 0) is 22.1 Å². The molecule has 0 spiro atoms. The third kappa shape index (κ3) is 2.35. The van der Waals surface area contributed by atoms with Gasteiger partial charge in [-0.2, -0.15) is 0 Å². The first-order valence-electron chi connectivity index (χ1n) is 2.80. The summed E-state index contributed by atoms with van der Waals surface area (Å²) >= 11 is 7.38. The second-order valence-corrected chi connectivity index (χ2v) is 2.82. The van der Waals surface area contributed by atoms with E-state index in [0.29, 0.717) is 10.6 Å². The fourth-order valence-electron chi connectivity index (χ4n) is 0.642. The molecule has 0 amide bonds. The number of halogens is 3. The van der Waals surface area contributed by atoms with Crippen LogP contribution in [0.4, 0.5) is 4.39 Å². The molecule has 1 aromatic rings. The highest BCUT2D eigenvalue weighted by atomic mass is 127. The average molecular weight is 280 g/mol. The van der Waals surface area contributed by atoms with Gasteiger partial charge in [0, 0.05) is 27.6 Å². The fraction of sp³-hybridized carbons (Fsp3) is 0. The molecule has 0 aliphatic rings. The summed E-state index contributed by atoms with van der Waals surface area (Å²) in [5.41, 5.74) is 0.379. The van der Waals surface area contributed by atoms with Crippen molar-refractivity contribution in [3.8, 4) is 9.85 Å². The molecule has 0 nitrogen and oxygen atoms in total. The third-order valence-corrected chi connectivity index (χ3v) is 1.62. The van der Waals surface area contributed by atoms with Gasteiger partial charge in [0.25, 0.3) is 0 Å². The van der Waals surface area contributed by atoms with Crippen LogP contribution in [0.3, 0.4) is 0 Å². The Morgan fingerprint density at radius 2 is 2.18 bits per heavy atom. The zero-order valence-electron chi connectivity index (χ0n) is 5.37. The smallest absolute Gasteiger partial charge is 0.140 e. The Hall–Kier alpha value is -0.270. The topological polar surface area (TPSA) is 0 Å². The van der Waals surface area contributed by atoms with Crippen LogP contribution < -0.4 is 0 Å². The highest BCUT2D eigenvalue weighted by Gasteiger charge is 1.97. The zero-order chi connectivity index (χ0) is 8.27. The molecule has 1 aromatic carbocycles. The maximum absolute atomic E-state index is 12.8. The molecule has 0 heterocycles. The molecule has 0 unspecified atom stereocenters. The van der Waals surface area contributed by atoms with E-state index in [9.17, 15) is 4.39 Å². The van der Waals surface area contributed by atoms with Crippen molar-refractivity contribution in [3.05, 3.63) is 34.6 Å². The largest absolute Gasteiger partial charge is 0.206 e. The Morgan fingerprint density at radius 1 is 1.45 bits per heavy atom. The summed E-state index contributed by atoms with van der Waals surface area (Å²) in [4.78, 5) is 0. The Balaban J connectivity index is 3.16. The first-order chi connectivity index (χ1) is 5.24. The minimum atomic E-state index is -0.373. The summed E-state index contributed by atoms with van der Waals surface area (Å²) in [6, 6.07) is 4.42. The highest BCUT2D eigenvalue weighted by Crippen LogP contribution is 2.13. The van der Waals surface area contributed by atoms with E-state index in [1.54, 1.807) is 12.1 Å². The summed E-state index contributed by atoms with van der Waals surface area (Å²) in [7, 11) is 0. The van der Waals surface area contributed by atoms with Crippen LogP contribution in [0.1, 0.15) is 5.56 Å². The summed E-state index contributed by atoms with van der Waals surface area (Å²) in [5.74, 6) is 2.23. The Labute approximate surface area is 82.9 Å². The lowest BCUT2D eigenvalue weighted by molar-refractivity contribution is 0.624. The van der Waals surface area contributed by atoms with E-state index in [2.05, 4.69) is 9.85 Å². The van der Waals surface area contributed by atoms with E-state index in [4.69, 9.17) is 11.6 Å². The van der Waals surface area contributed by atoms with Gasteiger partial charge in [-0.3, -0.25) is 0 Å². The van der Waals surface area contributed by atoms with Gasteiger partial charge in [-0.15, -0.1) is 0 Å². The summed E-state index contributed by atoms with van der Waals surface area (Å²) in [6.07, 6.45) is 0. The van der Waals surface area contributed by atoms with Crippen LogP contribution in [-0.2, 0) is 0 Å². The van der Waals surface area contributed by atoms with Gasteiger partial charge in [-0.1, -0.05) is 17.5 Å². The molecule has 0 aliphatic carbocycles. The summed E-state index contributed by atoms with van der Waals surface area (Å²) < 4.78 is 15.4. The molecule has 0 aliphatic heterocycles. The summed E-state index contributed by atoms with van der Waals surface area (Å²) in [6.45, 7) is 0. The number of rotatable bonds is 0. The predicted molar refractivity (Wildman–Crippen MR) is 52.3 cm³/mol. The van der Waals surface area contributed by atoms with Gasteiger partial charge in [-0.25, -0.2) is 4.39 Å².